The van der Waals surface area contributed by atoms with Crippen LogP contribution in [0.4, 0.5) is 0 Å². The highest BCUT2D eigenvalue weighted by Crippen LogP contribution is 2.38. The second kappa shape index (κ2) is 5.47. The molecule has 2 rings (SSSR count). The number of sulfone groups is 1. The van der Waals surface area contributed by atoms with E-state index in [0.29, 0.717) is 6.54 Å². The van der Waals surface area contributed by atoms with E-state index in [-0.39, 0.29) is 11.3 Å². The molecule has 1 aromatic rings. The second-order valence-corrected chi connectivity index (χ2v) is 7.33. The molecule has 1 unspecified atom stereocenters. The minimum Gasteiger partial charge on any atom is -0.293 e. The van der Waals surface area contributed by atoms with Gasteiger partial charge in [0.1, 0.15) is 0 Å². The van der Waals surface area contributed by atoms with Crippen molar-refractivity contribution in [2.45, 2.75) is 25.3 Å². The first-order valence-electron chi connectivity index (χ1n) is 6.64. The van der Waals surface area contributed by atoms with Crippen LogP contribution >= 0.6 is 0 Å². The van der Waals surface area contributed by atoms with Gasteiger partial charge in [-0.05, 0) is 31.9 Å². The lowest BCUT2D eigenvalue weighted by atomic mass is 9.89. The molecule has 104 valence electrons. The predicted molar refractivity (Wildman–Crippen MR) is 78.6 cm³/mol. The van der Waals surface area contributed by atoms with Gasteiger partial charge in [0, 0.05) is 17.5 Å². The summed E-state index contributed by atoms with van der Waals surface area (Å²) in [6, 6.07) is 10.3. The van der Waals surface area contributed by atoms with Crippen molar-refractivity contribution in [3.8, 4) is 0 Å². The van der Waals surface area contributed by atoms with Gasteiger partial charge in [-0.25, -0.2) is 8.42 Å². The lowest BCUT2D eigenvalue weighted by Gasteiger charge is -2.35. The van der Waals surface area contributed by atoms with Gasteiger partial charge in [-0.1, -0.05) is 36.9 Å². The summed E-state index contributed by atoms with van der Waals surface area (Å²) < 4.78 is 23.1. The largest absolute Gasteiger partial charge is 0.293 e. The van der Waals surface area contributed by atoms with Gasteiger partial charge in [0.25, 0.3) is 0 Å². The number of benzene rings is 1. The molecule has 1 aliphatic heterocycles. The van der Waals surface area contributed by atoms with Crippen molar-refractivity contribution >= 4 is 9.84 Å². The lowest BCUT2D eigenvalue weighted by molar-refractivity contribution is 0.166. The van der Waals surface area contributed by atoms with Gasteiger partial charge in [-0.15, -0.1) is 0 Å². The number of nitrogens with zero attached hydrogens (tertiary/aromatic N) is 1. The zero-order valence-electron chi connectivity index (χ0n) is 11.4. The Morgan fingerprint density at radius 3 is 2.68 bits per heavy atom. The van der Waals surface area contributed by atoms with Gasteiger partial charge in [0.15, 0.2) is 9.84 Å². The van der Waals surface area contributed by atoms with Crippen LogP contribution in [-0.2, 0) is 15.4 Å². The van der Waals surface area contributed by atoms with Crippen LogP contribution in [0.3, 0.4) is 0 Å². The molecule has 0 spiro atoms. The van der Waals surface area contributed by atoms with Crippen LogP contribution in [0.2, 0.25) is 0 Å². The molecule has 0 aromatic heterocycles. The molecular formula is C15H21NO2S. The van der Waals surface area contributed by atoms with E-state index < -0.39 is 9.84 Å². The average molecular weight is 279 g/mol. The fourth-order valence-corrected chi connectivity index (χ4v) is 3.46. The van der Waals surface area contributed by atoms with Crippen molar-refractivity contribution < 1.29 is 8.42 Å². The first kappa shape index (κ1) is 14.3. The van der Waals surface area contributed by atoms with E-state index in [9.17, 15) is 8.42 Å². The fraction of sp³-hybridized carbons (Fsp3) is 0.467. The number of hydrogen-bond acceptors (Lipinski definition) is 3. The maximum absolute atomic E-state index is 11.6. The Bertz CT molecular complexity index is 539. The number of rotatable bonds is 5. The van der Waals surface area contributed by atoms with Crippen LogP contribution in [0.25, 0.3) is 0 Å². The van der Waals surface area contributed by atoms with Crippen molar-refractivity contribution in [3.05, 3.63) is 47.9 Å². The Kier molecular flexibility index (Phi) is 4.11. The van der Waals surface area contributed by atoms with Gasteiger partial charge in [0.05, 0.1) is 5.75 Å². The highest BCUT2D eigenvalue weighted by Gasteiger charge is 2.37. The van der Waals surface area contributed by atoms with E-state index in [1.54, 1.807) is 0 Å². The molecule has 1 fully saturated rings. The molecule has 0 bridgehead atoms. The molecule has 1 atom stereocenters. The molecule has 0 N–H and O–H groups in total. The predicted octanol–water partition coefficient (Wildman–Crippen LogP) is 2.56. The third-order valence-corrected chi connectivity index (χ3v) is 5.34. The molecule has 0 amide bonds. The summed E-state index contributed by atoms with van der Waals surface area (Å²) >= 11 is 0. The Labute approximate surface area is 115 Å². The molecule has 0 radical (unpaired) electrons. The minimum atomic E-state index is -3.12. The van der Waals surface area contributed by atoms with Gasteiger partial charge in [-0.3, -0.25) is 4.90 Å². The zero-order chi connectivity index (χ0) is 13.9. The smallest absolute Gasteiger partial charge is 0.172 e. The van der Waals surface area contributed by atoms with Crippen molar-refractivity contribution in [1.82, 2.24) is 4.90 Å². The molecule has 0 saturated carbocycles. The van der Waals surface area contributed by atoms with Crippen LogP contribution in [0.5, 0.6) is 0 Å². The maximum Gasteiger partial charge on any atom is 0.172 e. The normalized spacial score (nSPS) is 24.5. The van der Waals surface area contributed by atoms with Crippen LogP contribution in [0.1, 0.15) is 25.3 Å². The SMILES string of the molecule is C=CS(=O)(=O)CCN1CCCC1(C)c1ccccc1. The van der Waals surface area contributed by atoms with Gasteiger partial charge >= 0.3 is 0 Å². The highest BCUT2D eigenvalue weighted by atomic mass is 32.2. The van der Waals surface area contributed by atoms with Crippen molar-refractivity contribution in [3.63, 3.8) is 0 Å². The van der Waals surface area contributed by atoms with Gasteiger partial charge < -0.3 is 0 Å². The van der Waals surface area contributed by atoms with E-state index in [2.05, 4.69) is 30.5 Å². The average Bonchev–Trinajstić information content (AvgIpc) is 2.80. The third-order valence-electron chi connectivity index (χ3n) is 4.08. The molecule has 1 heterocycles. The van der Waals surface area contributed by atoms with Crippen molar-refractivity contribution in [2.75, 3.05) is 18.8 Å². The molecule has 0 aliphatic carbocycles. The molecular weight excluding hydrogens is 258 g/mol. The molecule has 4 heteroatoms. The molecule has 1 aromatic carbocycles. The quantitative estimate of drug-likeness (QED) is 0.831. The maximum atomic E-state index is 11.6. The van der Waals surface area contributed by atoms with Crippen LogP contribution in [0.15, 0.2) is 42.3 Å². The zero-order valence-corrected chi connectivity index (χ0v) is 12.2. The Balaban J connectivity index is 2.15. The minimum absolute atomic E-state index is 0.0437. The summed E-state index contributed by atoms with van der Waals surface area (Å²) in [5.41, 5.74) is 1.22. The summed E-state index contributed by atoms with van der Waals surface area (Å²) in [5.74, 6) is 0.152. The molecule has 19 heavy (non-hydrogen) atoms. The van der Waals surface area contributed by atoms with Crippen LogP contribution in [-0.4, -0.2) is 32.2 Å². The summed E-state index contributed by atoms with van der Waals surface area (Å²) in [6.07, 6.45) is 2.19. The standard InChI is InChI=1S/C15H21NO2S/c1-3-19(17,18)13-12-16-11-7-10-15(16,2)14-8-5-4-6-9-14/h3-6,8-9H,1,7,10-13H2,2H3. The van der Waals surface area contributed by atoms with E-state index in [0.717, 1.165) is 24.8 Å². The number of likely N-dealkylation sites (tertiary alicyclic amines) is 1. The monoisotopic (exact) mass is 279 g/mol. The lowest BCUT2D eigenvalue weighted by Crippen LogP contribution is -2.41. The summed E-state index contributed by atoms with van der Waals surface area (Å²) in [4.78, 5) is 2.28. The van der Waals surface area contributed by atoms with Gasteiger partial charge in [-0.2, -0.15) is 0 Å². The van der Waals surface area contributed by atoms with Crippen LogP contribution < -0.4 is 0 Å². The van der Waals surface area contributed by atoms with E-state index in [1.165, 1.54) is 5.56 Å². The summed E-state index contributed by atoms with van der Waals surface area (Å²) in [5, 5.41) is 1.06. The van der Waals surface area contributed by atoms with Gasteiger partial charge in [0.2, 0.25) is 0 Å². The Hall–Kier alpha value is -1.13. The first-order valence-corrected chi connectivity index (χ1v) is 8.35. The van der Waals surface area contributed by atoms with Crippen LogP contribution in [0, 0.1) is 0 Å². The summed E-state index contributed by atoms with van der Waals surface area (Å²) in [7, 11) is -3.12. The highest BCUT2D eigenvalue weighted by molar-refractivity contribution is 7.94. The van der Waals surface area contributed by atoms with Crippen molar-refractivity contribution in [1.29, 1.82) is 0 Å². The van der Waals surface area contributed by atoms with Crippen molar-refractivity contribution in [2.24, 2.45) is 0 Å². The Morgan fingerprint density at radius 1 is 1.37 bits per heavy atom. The van der Waals surface area contributed by atoms with E-state index in [1.807, 2.05) is 18.2 Å². The number of hydrogen-bond donors (Lipinski definition) is 0. The molecule has 3 nitrogen and oxygen atoms in total. The van der Waals surface area contributed by atoms with E-state index in [4.69, 9.17) is 0 Å². The topological polar surface area (TPSA) is 37.4 Å². The third kappa shape index (κ3) is 3.07. The fourth-order valence-electron chi connectivity index (χ4n) is 2.82. The molecule has 1 aliphatic rings. The first-order chi connectivity index (χ1) is 8.98. The second-order valence-electron chi connectivity index (χ2n) is 5.26. The Morgan fingerprint density at radius 2 is 2.05 bits per heavy atom. The van der Waals surface area contributed by atoms with E-state index >= 15 is 0 Å². The summed E-state index contributed by atoms with van der Waals surface area (Å²) in [6.45, 7) is 7.10. The molecule has 1 saturated heterocycles.